The molecule has 0 unspecified atom stereocenters. The molecule has 0 aliphatic carbocycles. The fourth-order valence-corrected chi connectivity index (χ4v) is 2.02. The van der Waals surface area contributed by atoms with Crippen LogP contribution in [-0.2, 0) is 11.8 Å². The van der Waals surface area contributed by atoms with Crippen LogP contribution in [0.4, 0.5) is 10.1 Å². The van der Waals surface area contributed by atoms with E-state index >= 15 is 0 Å². The summed E-state index contributed by atoms with van der Waals surface area (Å²) < 4.78 is 20.0. The molecule has 1 N–H and O–H groups in total. The zero-order chi connectivity index (χ0) is 15.6. The number of carbonyl (C=O) groups is 1. The van der Waals surface area contributed by atoms with Gasteiger partial charge in [-0.2, -0.15) is 5.10 Å². The number of aryl methyl sites for hydroxylation is 2. The maximum absolute atomic E-state index is 13.0. The number of amides is 1. The number of benzene rings is 1. The molecule has 5 nitrogen and oxygen atoms in total. The number of aromatic nitrogens is 2. The molecule has 0 saturated carbocycles. The van der Waals surface area contributed by atoms with Gasteiger partial charge in [-0.15, -0.1) is 0 Å². The number of hydrogen-bond acceptors (Lipinski definition) is 3. The molecule has 2 aromatic rings. The Balaban J connectivity index is 1.97. The summed E-state index contributed by atoms with van der Waals surface area (Å²) in [6.07, 6.45) is 0. The standard InChI is InChI=1S/C14H15ClFN3O2/c1-8-14(9(2)19(3)18-8)17-13(20)7-21-10-4-5-12(16)11(15)6-10/h4-6H,7H2,1-3H3,(H,17,20). The van der Waals surface area contributed by atoms with Crippen molar-refractivity contribution in [3.8, 4) is 5.75 Å². The first kappa shape index (κ1) is 15.3. The molecule has 2 rings (SSSR count). The van der Waals surface area contributed by atoms with E-state index in [4.69, 9.17) is 16.3 Å². The molecule has 0 aliphatic rings. The van der Waals surface area contributed by atoms with E-state index in [2.05, 4.69) is 10.4 Å². The van der Waals surface area contributed by atoms with Crippen LogP contribution in [0.2, 0.25) is 5.02 Å². The number of anilines is 1. The summed E-state index contributed by atoms with van der Waals surface area (Å²) in [5, 5.41) is 6.90. The van der Waals surface area contributed by atoms with Crippen LogP contribution >= 0.6 is 11.6 Å². The van der Waals surface area contributed by atoms with Crippen molar-refractivity contribution in [1.82, 2.24) is 9.78 Å². The van der Waals surface area contributed by atoms with Gasteiger partial charge >= 0.3 is 0 Å². The zero-order valence-corrected chi connectivity index (χ0v) is 12.7. The summed E-state index contributed by atoms with van der Waals surface area (Å²) in [6, 6.07) is 3.92. The van der Waals surface area contributed by atoms with E-state index in [1.165, 1.54) is 18.2 Å². The van der Waals surface area contributed by atoms with Gasteiger partial charge in [-0.25, -0.2) is 4.39 Å². The number of nitrogens with one attached hydrogen (secondary N) is 1. The highest BCUT2D eigenvalue weighted by molar-refractivity contribution is 6.30. The first-order valence-electron chi connectivity index (χ1n) is 6.26. The van der Waals surface area contributed by atoms with Gasteiger partial charge < -0.3 is 10.1 Å². The van der Waals surface area contributed by atoms with Crippen LogP contribution in [0.25, 0.3) is 0 Å². The second-order valence-electron chi connectivity index (χ2n) is 4.58. The molecule has 1 aromatic heterocycles. The molecule has 7 heteroatoms. The van der Waals surface area contributed by atoms with Gasteiger partial charge in [0.05, 0.1) is 22.1 Å². The molecule has 0 saturated heterocycles. The highest BCUT2D eigenvalue weighted by Gasteiger charge is 2.13. The second kappa shape index (κ2) is 6.13. The molecule has 0 aliphatic heterocycles. The molecule has 1 heterocycles. The van der Waals surface area contributed by atoms with Crippen LogP contribution in [0.1, 0.15) is 11.4 Å². The quantitative estimate of drug-likeness (QED) is 0.944. The molecule has 1 aromatic carbocycles. The van der Waals surface area contributed by atoms with E-state index in [9.17, 15) is 9.18 Å². The fraction of sp³-hybridized carbons (Fsp3) is 0.286. The van der Waals surface area contributed by atoms with E-state index in [-0.39, 0.29) is 17.5 Å². The van der Waals surface area contributed by atoms with Crippen LogP contribution in [-0.4, -0.2) is 22.3 Å². The first-order chi connectivity index (χ1) is 9.88. The van der Waals surface area contributed by atoms with Crippen molar-refractivity contribution >= 4 is 23.2 Å². The lowest BCUT2D eigenvalue weighted by Gasteiger charge is -2.08. The summed E-state index contributed by atoms with van der Waals surface area (Å²) in [5.74, 6) is -0.527. The number of ether oxygens (including phenoxy) is 1. The monoisotopic (exact) mass is 311 g/mol. The molecular weight excluding hydrogens is 297 g/mol. The second-order valence-corrected chi connectivity index (χ2v) is 4.99. The molecular formula is C14H15ClFN3O2. The molecule has 21 heavy (non-hydrogen) atoms. The van der Waals surface area contributed by atoms with Gasteiger partial charge in [0.25, 0.3) is 5.91 Å². The maximum atomic E-state index is 13.0. The fourth-order valence-electron chi connectivity index (χ4n) is 1.85. The molecule has 0 fully saturated rings. The van der Waals surface area contributed by atoms with Gasteiger partial charge in [0.1, 0.15) is 11.6 Å². The van der Waals surface area contributed by atoms with Gasteiger partial charge in [-0.05, 0) is 26.0 Å². The third kappa shape index (κ3) is 3.52. The van der Waals surface area contributed by atoms with Crippen molar-refractivity contribution in [2.24, 2.45) is 7.05 Å². The number of halogens is 2. The Morgan fingerprint density at radius 1 is 1.48 bits per heavy atom. The lowest BCUT2D eigenvalue weighted by Crippen LogP contribution is -2.20. The summed E-state index contributed by atoms with van der Waals surface area (Å²) >= 11 is 5.64. The van der Waals surface area contributed by atoms with E-state index in [0.717, 1.165) is 11.4 Å². The van der Waals surface area contributed by atoms with Crippen molar-refractivity contribution in [1.29, 1.82) is 0 Å². The minimum Gasteiger partial charge on any atom is -0.484 e. The van der Waals surface area contributed by atoms with Crippen molar-refractivity contribution in [2.75, 3.05) is 11.9 Å². The molecule has 1 amide bonds. The Kier molecular flexibility index (Phi) is 4.47. The van der Waals surface area contributed by atoms with Gasteiger partial charge in [0.2, 0.25) is 0 Å². The van der Waals surface area contributed by atoms with E-state index in [1.807, 2.05) is 13.8 Å². The third-order valence-electron chi connectivity index (χ3n) is 3.03. The number of carbonyl (C=O) groups excluding carboxylic acids is 1. The van der Waals surface area contributed by atoms with E-state index in [1.54, 1.807) is 11.7 Å². The summed E-state index contributed by atoms with van der Waals surface area (Å²) in [6.45, 7) is 3.47. The van der Waals surface area contributed by atoms with E-state index < -0.39 is 5.82 Å². The normalized spacial score (nSPS) is 10.5. The lowest BCUT2D eigenvalue weighted by molar-refractivity contribution is -0.118. The maximum Gasteiger partial charge on any atom is 0.262 e. The third-order valence-corrected chi connectivity index (χ3v) is 3.32. The number of rotatable bonds is 4. The minimum absolute atomic E-state index is 0.0492. The molecule has 0 spiro atoms. The highest BCUT2D eigenvalue weighted by atomic mass is 35.5. The number of hydrogen-bond donors (Lipinski definition) is 1. The predicted octanol–water partition coefficient (Wildman–Crippen LogP) is 2.85. The summed E-state index contributed by atoms with van der Waals surface area (Å²) in [7, 11) is 1.80. The topological polar surface area (TPSA) is 56.2 Å². The van der Waals surface area contributed by atoms with Crippen LogP contribution in [0.3, 0.4) is 0 Å². The lowest BCUT2D eigenvalue weighted by atomic mass is 10.3. The van der Waals surface area contributed by atoms with Gasteiger partial charge in [0, 0.05) is 13.1 Å². The van der Waals surface area contributed by atoms with Crippen molar-refractivity contribution in [3.05, 3.63) is 40.4 Å². The molecule has 0 bridgehead atoms. The average Bonchev–Trinajstić information content (AvgIpc) is 2.67. The minimum atomic E-state index is -0.532. The van der Waals surface area contributed by atoms with Crippen molar-refractivity contribution in [2.45, 2.75) is 13.8 Å². The van der Waals surface area contributed by atoms with Gasteiger partial charge in [-0.1, -0.05) is 11.6 Å². The van der Waals surface area contributed by atoms with Crippen molar-refractivity contribution < 1.29 is 13.9 Å². The number of nitrogens with zero attached hydrogens (tertiary/aromatic N) is 2. The van der Waals surface area contributed by atoms with Crippen LogP contribution < -0.4 is 10.1 Å². The Morgan fingerprint density at radius 2 is 2.19 bits per heavy atom. The SMILES string of the molecule is Cc1nn(C)c(C)c1NC(=O)COc1ccc(F)c(Cl)c1. The highest BCUT2D eigenvalue weighted by Crippen LogP contribution is 2.21. The van der Waals surface area contributed by atoms with E-state index in [0.29, 0.717) is 11.4 Å². The predicted molar refractivity (Wildman–Crippen MR) is 78.2 cm³/mol. The van der Waals surface area contributed by atoms with Crippen LogP contribution in [0.5, 0.6) is 5.75 Å². The van der Waals surface area contributed by atoms with Gasteiger partial charge in [0.15, 0.2) is 6.61 Å². The average molecular weight is 312 g/mol. The molecule has 112 valence electrons. The molecule has 0 atom stereocenters. The van der Waals surface area contributed by atoms with Gasteiger partial charge in [-0.3, -0.25) is 9.48 Å². The van der Waals surface area contributed by atoms with Crippen molar-refractivity contribution in [3.63, 3.8) is 0 Å². The van der Waals surface area contributed by atoms with Crippen LogP contribution in [0.15, 0.2) is 18.2 Å². The Morgan fingerprint density at radius 3 is 2.76 bits per heavy atom. The Hall–Kier alpha value is -2.08. The Labute approximate surface area is 126 Å². The smallest absolute Gasteiger partial charge is 0.262 e. The zero-order valence-electron chi connectivity index (χ0n) is 11.9. The Bertz CT molecular complexity index is 685. The summed E-state index contributed by atoms with van der Waals surface area (Å²) in [4.78, 5) is 11.9. The molecule has 0 radical (unpaired) electrons. The largest absolute Gasteiger partial charge is 0.484 e. The van der Waals surface area contributed by atoms with Crippen LogP contribution in [0, 0.1) is 19.7 Å². The summed E-state index contributed by atoms with van der Waals surface area (Å²) in [5.41, 5.74) is 2.25. The first-order valence-corrected chi connectivity index (χ1v) is 6.64.